The van der Waals surface area contributed by atoms with Crippen LogP contribution in [0.1, 0.15) is 45.7 Å². The Kier molecular flexibility index (Phi) is 6.15. The molecule has 0 radical (unpaired) electrons. The van der Waals surface area contributed by atoms with Crippen LogP contribution in [0.25, 0.3) is 0 Å². The molecule has 7 nitrogen and oxygen atoms in total. The molecule has 31 heavy (non-hydrogen) atoms. The van der Waals surface area contributed by atoms with E-state index in [1.807, 2.05) is 0 Å². The number of fused-ring (bicyclic) bond motifs is 2. The largest absolute Gasteiger partial charge is 0.360 e. The van der Waals surface area contributed by atoms with Gasteiger partial charge >= 0.3 is 0 Å². The number of nitrogens with zero attached hydrogens (tertiary/aromatic N) is 2. The summed E-state index contributed by atoms with van der Waals surface area (Å²) in [7, 11) is 0. The van der Waals surface area contributed by atoms with Crippen LogP contribution in [-0.2, 0) is 4.79 Å². The van der Waals surface area contributed by atoms with Gasteiger partial charge in [0, 0.05) is 23.2 Å². The lowest BCUT2D eigenvalue weighted by atomic mass is 9.83. The van der Waals surface area contributed by atoms with Gasteiger partial charge in [0.25, 0.3) is 0 Å². The van der Waals surface area contributed by atoms with Gasteiger partial charge in [-0.05, 0) is 12.0 Å². The van der Waals surface area contributed by atoms with Gasteiger partial charge in [0.2, 0.25) is 11.0 Å². The number of amides is 1. The van der Waals surface area contributed by atoms with Crippen molar-refractivity contribution < 1.29 is 14.4 Å². The molecule has 0 unspecified atom stereocenters. The Balaban J connectivity index is 1.45. The Morgan fingerprint density at radius 2 is 1.71 bits per heavy atom. The van der Waals surface area contributed by atoms with E-state index in [1.165, 1.54) is 23.1 Å². The first-order valence-electron chi connectivity index (χ1n) is 9.75. The van der Waals surface area contributed by atoms with Crippen LogP contribution in [0.4, 0.5) is 10.8 Å². The fraction of sp³-hybridized carbons (Fsp3) is 0.227. The summed E-state index contributed by atoms with van der Waals surface area (Å²) in [5.41, 5.74) is 1.62. The summed E-state index contributed by atoms with van der Waals surface area (Å²) in [5, 5.41) is 14.9. The zero-order valence-electron chi connectivity index (χ0n) is 17.0. The maximum Gasteiger partial charge on any atom is 0.234 e. The highest BCUT2D eigenvalue weighted by Gasteiger charge is 2.31. The molecule has 158 valence electrons. The third-order valence-corrected chi connectivity index (χ3v) is 6.64. The Labute approximate surface area is 187 Å². The van der Waals surface area contributed by atoms with Crippen molar-refractivity contribution in [2.75, 3.05) is 22.9 Å². The van der Waals surface area contributed by atoms with Gasteiger partial charge in [0.15, 0.2) is 15.9 Å². The summed E-state index contributed by atoms with van der Waals surface area (Å²) < 4.78 is 0.677. The quantitative estimate of drug-likeness (QED) is 0.407. The molecule has 0 aliphatic heterocycles. The molecular weight excluding hydrogens is 432 g/mol. The fourth-order valence-electron chi connectivity index (χ4n) is 3.19. The lowest BCUT2D eigenvalue weighted by molar-refractivity contribution is -0.113. The molecule has 0 bridgehead atoms. The van der Waals surface area contributed by atoms with Gasteiger partial charge in [-0.15, -0.1) is 10.2 Å². The minimum Gasteiger partial charge on any atom is -0.360 e. The summed E-state index contributed by atoms with van der Waals surface area (Å²) in [6.07, 6.45) is 0. The van der Waals surface area contributed by atoms with Crippen LogP contribution in [0.3, 0.4) is 0 Å². The number of rotatable bonds is 7. The number of ketones is 2. The monoisotopic (exact) mass is 452 g/mol. The van der Waals surface area contributed by atoms with Gasteiger partial charge in [-0.2, -0.15) is 0 Å². The molecule has 0 atom stereocenters. The summed E-state index contributed by atoms with van der Waals surface area (Å²) in [4.78, 5) is 38.4. The molecule has 4 rings (SSSR count). The zero-order valence-corrected chi connectivity index (χ0v) is 18.6. The highest BCUT2D eigenvalue weighted by atomic mass is 32.2. The number of thioether (sulfide) groups is 1. The number of benzene rings is 2. The second kappa shape index (κ2) is 8.99. The van der Waals surface area contributed by atoms with E-state index >= 15 is 0 Å². The van der Waals surface area contributed by atoms with Crippen LogP contribution < -0.4 is 10.6 Å². The molecule has 0 saturated carbocycles. The molecule has 2 aromatic carbocycles. The number of aromatic nitrogens is 2. The first kappa shape index (κ1) is 21.2. The Hall–Kier alpha value is -3.04. The van der Waals surface area contributed by atoms with Gasteiger partial charge in [-0.3, -0.25) is 14.4 Å². The standard InChI is InChI=1S/C22H20N4O3S2/c1-12(2)10-23-21-25-26-22(31-21)30-11-17(27)24-16-9-5-8-15-18(16)20(29)14-7-4-3-6-13(14)19(15)28/h3-9,12H,10-11H2,1-2H3,(H,23,25)(H,24,27). The van der Waals surface area contributed by atoms with Crippen LogP contribution in [-0.4, -0.2) is 40.0 Å². The predicted molar refractivity (Wildman–Crippen MR) is 122 cm³/mol. The van der Waals surface area contributed by atoms with Gasteiger partial charge in [0.1, 0.15) is 0 Å². The molecule has 1 aliphatic carbocycles. The normalized spacial score (nSPS) is 12.5. The molecule has 0 saturated heterocycles. The van der Waals surface area contributed by atoms with Crippen molar-refractivity contribution in [2.24, 2.45) is 5.92 Å². The minimum atomic E-state index is -0.288. The van der Waals surface area contributed by atoms with Crippen LogP contribution in [0, 0.1) is 5.92 Å². The minimum absolute atomic E-state index is 0.112. The zero-order chi connectivity index (χ0) is 22.0. The average molecular weight is 453 g/mol. The summed E-state index contributed by atoms with van der Waals surface area (Å²) >= 11 is 2.66. The van der Waals surface area contributed by atoms with E-state index in [9.17, 15) is 14.4 Å². The number of anilines is 2. The lowest BCUT2D eigenvalue weighted by Crippen LogP contribution is -2.24. The number of carbonyl (C=O) groups excluding carboxylic acids is 3. The third kappa shape index (κ3) is 4.52. The highest BCUT2D eigenvalue weighted by Crippen LogP contribution is 2.32. The molecule has 1 aliphatic rings. The lowest BCUT2D eigenvalue weighted by Gasteiger charge is -2.20. The number of carbonyl (C=O) groups is 3. The number of nitrogens with one attached hydrogen (secondary N) is 2. The molecule has 1 amide bonds. The highest BCUT2D eigenvalue weighted by molar-refractivity contribution is 8.01. The third-order valence-electron chi connectivity index (χ3n) is 4.62. The Morgan fingerprint density at radius 1 is 1.00 bits per heavy atom. The number of hydrogen-bond donors (Lipinski definition) is 2. The molecule has 2 N–H and O–H groups in total. The Morgan fingerprint density at radius 3 is 2.45 bits per heavy atom. The fourth-order valence-corrected chi connectivity index (χ4v) is 4.75. The van der Waals surface area contributed by atoms with E-state index < -0.39 is 0 Å². The van der Waals surface area contributed by atoms with E-state index in [0.29, 0.717) is 32.6 Å². The topological polar surface area (TPSA) is 101 Å². The summed E-state index contributed by atoms with van der Waals surface area (Å²) in [5.74, 6) is -0.167. The van der Waals surface area contributed by atoms with Crippen molar-refractivity contribution in [3.05, 3.63) is 64.7 Å². The van der Waals surface area contributed by atoms with Crippen molar-refractivity contribution in [3.63, 3.8) is 0 Å². The predicted octanol–water partition coefficient (Wildman–Crippen LogP) is 4.11. The van der Waals surface area contributed by atoms with Crippen LogP contribution in [0.2, 0.25) is 0 Å². The summed E-state index contributed by atoms with van der Waals surface area (Å²) in [6, 6.07) is 11.6. The molecule has 9 heteroatoms. The summed E-state index contributed by atoms with van der Waals surface area (Å²) in [6.45, 7) is 5.01. The molecular formula is C22H20N4O3S2. The smallest absolute Gasteiger partial charge is 0.234 e. The van der Waals surface area contributed by atoms with E-state index in [-0.39, 0.29) is 28.8 Å². The Bertz CT molecular complexity index is 1170. The van der Waals surface area contributed by atoms with Crippen molar-refractivity contribution in [2.45, 2.75) is 18.2 Å². The van der Waals surface area contributed by atoms with E-state index in [4.69, 9.17) is 0 Å². The first-order chi connectivity index (χ1) is 14.9. The van der Waals surface area contributed by atoms with Gasteiger partial charge < -0.3 is 10.6 Å². The van der Waals surface area contributed by atoms with Crippen molar-refractivity contribution >= 4 is 51.4 Å². The van der Waals surface area contributed by atoms with Crippen molar-refractivity contribution in [1.82, 2.24) is 10.2 Å². The van der Waals surface area contributed by atoms with Crippen LogP contribution >= 0.6 is 23.1 Å². The van der Waals surface area contributed by atoms with Crippen molar-refractivity contribution in [3.8, 4) is 0 Å². The molecule has 0 spiro atoms. The van der Waals surface area contributed by atoms with Crippen LogP contribution in [0.15, 0.2) is 46.8 Å². The SMILES string of the molecule is CC(C)CNc1nnc(SCC(=O)Nc2cccc3c2C(=O)c2ccccc2C3=O)s1. The van der Waals surface area contributed by atoms with Gasteiger partial charge in [0.05, 0.1) is 17.0 Å². The van der Waals surface area contributed by atoms with Gasteiger partial charge in [-0.25, -0.2) is 0 Å². The molecule has 1 heterocycles. The molecule has 0 fully saturated rings. The van der Waals surface area contributed by atoms with Gasteiger partial charge in [-0.1, -0.05) is 73.3 Å². The van der Waals surface area contributed by atoms with Crippen molar-refractivity contribution in [1.29, 1.82) is 0 Å². The number of hydrogen-bond acceptors (Lipinski definition) is 8. The molecule has 3 aromatic rings. The second-order valence-electron chi connectivity index (χ2n) is 7.42. The maximum atomic E-state index is 13.0. The van der Waals surface area contributed by atoms with E-state index in [2.05, 4.69) is 34.7 Å². The van der Waals surface area contributed by atoms with E-state index in [0.717, 1.165) is 11.7 Å². The van der Waals surface area contributed by atoms with E-state index in [1.54, 1.807) is 42.5 Å². The first-order valence-corrected chi connectivity index (χ1v) is 11.6. The molecule has 1 aromatic heterocycles. The van der Waals surface area contributed by atoms with Crippen LogP contribution in [0.5, 0.6) is 0 Å². The maximum absolute atomic E-state index is 13.0. The second-order valence-corrected chi connectivity index (χ2v) is 9.62. The average Bonchev–Trinajstić information content (AvgIpc) is 3.22.